The lowest BCUT2D eigenvalue weighted by atomic mass is 10.1. The van der Waals surface area contributed by atoms with Gasteiger partial charge in [-0.2, -0.15) is 0 Å². The lowest BCUT2D eigenvalue weighted by Crippen LogP contribution is -2.01. The highest BCUT2D eigenvalue weighted by Gasteiger charge is 1.95. The Balaban J connectivity index is 3.08. The Morgan fingerprint density at radius 2 is 1.45 bits per heavy atom. The summed E-state index contributed by atoms with van der Waals surface area (Å²) in [6.45, 7) is 6.13. The van der Waals surface area contributed by atoms with Gasteiger partial charge in [-0.3, -0.25) is 0 Å². The lowest BCUT2D eigenvalue weighted by molar-refractivity contribution is -0.137. The first-order valence-corrected chi connectivity index (χ1v) is 8.25. The highest BCUT2D eigenvalue weighted by molar-refractivity contribution is 5.81. The fraction of sp³-hybridized carbons (Fsp3) is 0.722. The third-order valence-electron chi connectivity index (χ3n) is 3.32. The molecule has 0 fully saturated rings. The zero-order chi connectivity index (χ0) is 14.9. The molecule has 0 saturated heterocycles. The van der Waals surface area contributed by atoms with Gasteiger partial charge in [-0.15, -0.1) is 0 Å². The SMILES string of the molecule is C=CC(=O)OCCCCCCCCC/C=C/CCCC. The molecule has 0 amide bonds. The van der Waals surface area contributed by atoms with Crippen LogP contribution in [0.25, 0.3) is 0 Å². The van der Waals surface area contributed by atoms with E-state index in [2.05, 4.69) is 25.7 Å². The summed E-state index contributed by atoms with van der Waals surface area (Å²) in [5.74, 6) is -0.308. The van der Waals surface area contributed by atoms with Crippen molar-refractivity contribution >= 4 is 5.97 Å². The third kappa shape index (κ3) is 15.0. The minimum Gasteiger partial charge on any atom is -0.463 e. The van der Waals surface area contributed by atoms with Crippen LogP contribution in [0.3, 0.4) is 0 Å². The van der Waals surface area contributed by atoms with Gasteiger partial charge in [0.05, 0.1) is 6.61 Å². The molecule has 0 aliphatic carbocycles. The third-order valence-corrected chi connectivity index (χ3v) is 3.32. The molecule has 2 nitrogen and oxygen atoms in total. The largest absolute Gasteiger partial charge is 0.463 e. The number of carbonyl (C=O) groups excluding carboxylic acids is 1. The van der Waals surface area contributed by atoms with E-state index in [1.165, 1.54) is 63.9 Å². The van der Waals surface area contributed by atoms with Crippen LogP contribution in [0.15, 0.2) is 24.8 Å². The van der Waals surface area contributed by atoms with Crippen molar-refractivity contribution in [2.75, 3.05) is 6.61 Å². The Morgan fingerprint density at radius 3 is 2.05 bits per heavy atom. The van der Waals surface area contributed by atoms with Crippen LogP contribution >= 0.6 is 0 Å². The summed E-state index contributed by atoms with van der Waals surface area (Å²) in [5, 5.41) is 0. The van der Waals surface area contributed by atoms with Gasteiger partial charge in [0.2, 0.25) is 0 Å². The van der Waals surface area contributed by atoms with Gasteiger partial charge in [-0.25, -0.2) is 4.79 Å². The second-order valence-corrected chi connectivity index (χ2v) is 5.25. The molecule has 2 heteroatoms. The molecular formula is C18H32O2. The Labute approximate surface area is 125 Å². The average Bonchev–Trinajstić information content (AvgIpc) is 2.47. The quantitative estimate of drug-likeness (QED) is 0.180. The van der Waals surface area contributed by atoms with Gasteiger partial charge in [0.25, 0.3) is 0 Å². The molecule has 0 atom stereocenters. The Bertz CT molecular complexity index is 256. The minimum atomic E-state index is -0.308. The summed E-state index contributed by atoms with van der Waals surface area (Å²) >= 11 is 0. The summed E-state index contributed by atoms with van der Waals surface area (Å²) < 4.78 is 4.93. The highest BCUT2D eigenvalue weighted by atomic mass is 16.5. The first kappa shape index (κ1) is 18.9. The molecule has 0 saturated carbocycles. The standard InChI is InChI=1S/C18H32O2/c1-3-5-6-7-8-9-10-11-12-13-14-15-16-17-20-18(19)4-2/h4,7-8H,2-3,5-6,9-17H2,1H3/b8-7+. The number of carbonyl (C=O) groups is 1. The lowest BCUT2D eigenvalue weighted by Gasteiger charge is -2.02. The van der Waals surface area contributed by atoms with Crippen molar-refractivity contribution < 1.29 is 9.53 Å². The molecule has 20 heavy (non-hydrogen) atoms. The van der Waals surface area contributed by atoms with Crippen molar-refractivity contribution in [3.63, 3.8) is 0 Å². The molecular weight excluding hydrogens is 248 g/mol. The van der Waals surface area contributed by atoms with Crippen LogP contribution in [0.1, 0.15) is 77.6 Å². The van der Waals surface area contributed by atoms with Crippen molar-refractivity contribution in [1.82, 2.24) is 0 Å². The first-order chi connectivity index (χ1) is 9.81. The van der Waals surface area contributed by atoms with E-state index in [1.54, 1.807) is 0 Å². The first-order valence-electron chi connectivity index (χ1n) is 8.25. The molecule has 0 aromatic rings. The molecule has 116 valence electrons. The van der Waals surface area contributed by atoms with E-state index >= 15 is 0 Å². The Kier molecular flexibility index (Phi) is 15.2. The number of hydrogen-bond acceptors (Lipinski definition) is 2. The Morgan fingerprint density at radius 1 is 0.900 bits per heavy atom. The number of ether oxygens (including phenoxy) is 1. The molecule has 0 spiro atoms. The summed E-state index contributed by atoms with van der Waals surface area (Å²) in [5.41, 5.74) is 0. The van der Waals surface area contributed by atoms with E-state index in [9.17, 15) is 4.79 Å². The maximum absolute atomic E-state index is 10.8. The summed E-state index contributed by atoms with van der Waals surface area (Å²) in [6, 6.07) is 0. The molecule has 0 aliphatic heterocycles. The molecule has 0 radical (unpaired) electrons. The van der Waals surface area contributed by atoms with Crippen LogP contribution in [0, 0.1) is 0 Å². The normalized spacial score (nSPS) is 10.8. The summed E-state index contributed by atoms with van der Waals surface area (Å²) in [4.78, 5) is 10.8. The molecule has 0 aromatic heterocycles. The maximum atomic E-state index is 10.8. The van der Waals surface area contributed by atoms with Crippen LogP contribution in [-0.2, 0) is 9.53 Å². The molecule has 0 rings (SSSR count). The van der Waals surface area contributed by atoms with Gasteiger partial charge in [-0.1, -0.05) is 70.6 Å². The fourth-order valence-electron chi connectivity index (χ4n) is 2.04. The van der Waals surface area contributed by atoms with Crippen LogP contribution in [-0.4, -0.2) is 12.6 Å². The predicted octanol–water partition coefficient (Wildman–Crippen LogP) is 5.58. The second-order valence-electron chi connectivity index (χ2n) is 5.25. The zero-order valence-electron chi connectivity index (χ0n) is 13.2. The van der Waals surface area contributed by atoms with Crippen LogP contribution in [0.5, 0.6) is 0 Å². The van der Waals surface area contributed by atoms with E-state index in [0.717, 1.165) is 12.8 Å². The van der Waals surface area contributed by atoms with E-state index in [-0.39, 0.29) is 5.97 Å². The van der Waals surface area contributed by atoms with Crippen molar-refractivity contribution in [2.24, 2.45) is 0 Å². The maximum Gasteiger partial charge on any atom is 0.330 e. The summed E-state index contributed by atoms with van der Waals surface area (Å²) in [7, 11) is 0. The van der Waals surface area contributed by atoms with E-state index in [4.69, 9.17) is 4.74 Å². The summed E-state index contributed by atoms with van der Waals surface area (Å²) in [6.07, 6.45) is 19.6. The van der Waals surface area contributed by atoms with Crippen molar-refractivity contribution in [1.29, 1.82) is 0 Å². The van der Waals surface area contributed by atoms with Crippen molar-refractivity contribution in [3.05, 3.63) is 24.8 Å². The molecule has 0 N–H and O–H groups in total. The molecule has 0 aromatic carbocycles. The van der Waals surface area contributed by atoms with Gasteiger partial charge < -0.3 is 4.74 Å². The highest BCUT2D eigenvalue weighted by Crippen LogP contribution is 2.09. The monoisotopic (exact) mass is 280 g/mol. The van der Waals surface area contributed by atoms with Crippen LogP contribution in [0.2, 0.25) is 0 Å². The van der Waals surface area contributed by atoms with Crippen LogP contribution < -0.4 is 0 Å². The fourth-order valence-corrected chi connectivity index (χ4v) is 2.04. The van der Waals surface area contributed by atoms with E-state index < -0.39 is 0 Å². The van der Waals surface area contributed by atoms with Gasteiger partial charge in [0.1, 0.15) is 0 Å². The number of esters is 1. The number of unbranched alkanes of at least 4 members (excludes halogenated alkanes) is 9. The van der Waals surface area contributed by atoms with Gasteiger partial charge in [-0.05, 0) is 25.7 Å². The van der Waals surface area contributed by atoms with Crippen molar-refractivity contribution in [3.8, 4) is 0 Å². The average molecular weight is 280 g/mol. The van der Waals surface area contributed by atoms with E-state index in [0.29, 0.717) is 6.61 Å². The van der Waals surface area contributed by atoms with E-state index in [1.807, 2.05) is 0 Å². The van der Waals surface area contributed by atoms with Gasteiger partial charge in [0, 0.05) is 6.08 Å². The molecule has 0 aliphatic rings. The van der Waals surface area contributed by atoms with Gasteiger partial charge in [0.15, 0.2) is 0 Å². The second kappa shape index (κ2) is 16.0. The van der Waals surface area contributed by atoms with Crippen molar-refractivity contribution in [2.45, 2.75) is 77.6 Å². The number of rotatable bonds is 14. The Hall–Kier alpha value is -1.05. The minimum absolute atomic E-state index is 0.308. The van der Waals surface area contributed by atoms with Crippen LogP contribution in [0.4, 0.5) is 0 Å². The zero-order valence-corrected chi connectivity index (χ0v) is 13.2. The topological polar surface area (TPSA) is 26.3 Å². The number of allylic oxidation sites excluding steroid dienone is 2. The van der Waals surface area contributed by atoms with Gasteiger partial charge >= 0.3 is 5.97 Å². The number of hydrogen-bond donors (Lipinski definition) is 0. The molecule has 0 bridgehead atoms. The molecule has 0 unspecified atom stereocenters. The predicted molar refractivity (Wildman–Crippen MR) is 86.8 cm³/mol. The molecule has 0 heterocycles. The smallest absolute Gasteiger partial charge is 0.330 e.